The van der Waals surface area contributed by atoms with Gasteiger partial charge in [-0.1, -0.05) is 12.1 Å². The van der Waals surface area contributed by atoms with Crippen LogP contribution in [0.4, 0.5) is 13.2 Å². The average molecular weight is 413 g/mol. The van der Waals surface area contributed by atoms with Crippen LogP contribution in [-0.2, 0) is 17.9 Å². The molecule has 1 amide bonds. The number of hydrogen-bond acceptors (Lipinski definition) is 5. The van der Waals surface area contributed by atoms with Crippen LogP contribution in [-0.4, -0.2) is 59.7 Å². The third-order valence-corrected chi connectivity index (χ3v) is 5.27. The van der Waals surface area contributed by atoms with Crippen LogP contribution >= 0.6 is 11.3 Å². The second-order valence-corrected chi connectivity index (χ2v) is 7.79. The van der Waals surface area contributed by atoms with Crippen molar-refractivity contribution in [3.8, 4) is 0 Å². The monoisotopic (exact) mass is 413 g/mol. The molecule has 1 aromatic carbocycles. The van der Waals surface area contributed by atoms with Gasteiger partial charge >= 0.3 is 6.18 Å². The molecule has 0 atom stereocenters. The molecule has 0 spiro atoms. The molecular formula is C19H22F3N3O2S. The summed E-state index contributed by atoms with van der Waals surface area (Å²) >= 11 is 1.64. The molecular weight excluding hydrogens is 391 g/mol. The SMILES string of the molecule is Cc1nc(CN2CCN(C(=O)c3ccc(COCC(F)(F)F)cc3)CC2)cs1. The Labute approximate surface area is 165 Å². The van der Waals surface area contributed by atoms with Crippen molar-refractivity contribution in [1.82, 2.24) is 14.8 Å². The number of carbonyl (C=O) groups excluding carboxylic acids is 1. The summed E-state index contributed by atoms with van der Waals surface area (Å²) in [5.74, 6) is -0.0630. The zero-order valence-electron chi connectivity index (χ0n) is 15.5. The summed E-state index contributed by atoms with van der Waals surface area (Å²) in [6.07, 6.45) is -4.34. The van der Waals surface area contributed by atoms with E-state index in [1.807, 2.05) is 6.92 Å². The number of rotatable bonds is 6. The molecule has 3 rings (SSSR count). The van der Waals surface area contributed by atoms with Gasteiger partial charge in [0.1, 0.15) is 6.61 Å². The van der Waals surface area contributed by atoms with E-state index >= 15 is 0 Å². The molecule has 152 valence electrons. The van der Waals surface area contributed by atoms with Gasteiger partial charge in [-0.2, -0.15) is 13.2 Å². The first-order valence-electron chi connectivity index (χ1n) is 8.96. The molecule has 28 heavy (non-hydrogen) atoms. The highest BCUT2D eigenvalue weighted by Gasteiger charge is 2.27. The number of ether oxygens (including phenoxy) is 1. The Morgan fingerprint density at radius 3 is 2.43 bits per heavy atom. The van der Waals surface area contributed by atoms with E-state index in [1.54, 1.807) is 40.5 Å². The second-order valence-electron chi connectivity index (χ2n) is 6.73. The Morgan fingerprint density at radius 2 is 1.86 bits per heavy atom. The minimum Gasteiger partial charge on any atom is -0.367 e. The number of benzene rings is 1. The van der Waals surface area contributed by atoms with Gasteiger partial charge in [0.15, 0.2) is 0 Å². The quantitative estimate of drug-likeness (QED) is 0.727. The highest BCUT2D eigenvalue weighted by Crippen LogP contribution is 2.17. The molecule has 0 N–H and O–H groups in total. The summed E-state index contributed by atoms with van der Waals surface area (Å²) in [7, 11) is 0. The predicted molar refractivity (Wildman–Crippen MR) is 100 cm³/mol. The van der Waals surface area contributed by atoms with Crippen LogP contribution in [0.15, 0.2) is 29.6 Å². The molecule has 1 aromatic heterocycles. The van der Waals surface area contributed by atoms with Crippen molar-refractivity contribution in [3.63, 3.8) is 0 Å². The zero-order valence-corrected chi connectivity index (χ0v) is 16.4. The summed E-state index contributed by atoms with van der Waals surface area (Å²) in [4.78, 5) is 21.2. The number of hydrogen-bond donors (Lipinski definition) is 0. The number of nitrogens with zero attached hydrogens (tertiary/aromatic N) is 3. The van der Waals surface area contributed by atoms with Gasteiger partial charge in [-0.05, 0) is 24.6 Å². The van der Waals surface area contributed by atoms with Crippen molar-refractivity contribution in [2.24, 2.45) is 0 Å². The van der Waals surface area contributed by atoms with E-state index in [2.05, 4.69) is 20.0 Å². The highest BCUT2D eigenvalue weighted by molar-refractivity contribution is 7.09. The van der Waals surface area contributed by atoms with E-state index in [0.29, 0.717) is 24.2 Å². The predicted octanol–water partition coefficient (Wildman–Crippen LogP) is 3.49. The van der Waals surface area contributed by atoms with Crippen LogP contribution in [0.3, 0.4) is 0 Å². The van der Waals surface area contributed by atoms with Crippen molar-refractivity contribution in [1.29, 1.82) is 0 Å². The fourth-order valence-corrected chi connectivity index (χ4v) is 3.63. The molecule has 0 saturated carbocycles. The fraction of sp³-hybridized carbons (Fsp3) is 0.474. The fourth-order valence-electron chi connectivity index (χ4n) is 3.03. The number of piperazine rings is 1. The first kappa shape index (κ1) is 20.8. The molecule has 2 aromatic rings. The Morgan fingerprint density at radius 1 is 1.18 bits per heavy atom. The van der Waals surface area contributed by atoms with Crippen molar-refractivity contribution in [2.45, 2.75) is 26.3 Å². The lowest BCUT2D eigenvalue weighted by molar-refractivity contribution is -0.176. The normalized spacial score (nSPS) is 15.8. The van der Waals surface area contributed by atoms with Crippen LogP contribution in [0.5, 0.6) is 0 Å². The smallest absolute Gasteiger partial charge is 0.367 e. The number of aromatic nitrogens is 1. The van der Waals surface area contributed by atoms with Gasteiger partial charge in [0.2, 0.25) is 0 Å². The number of thiazole rings is 1. The zero-order chi connectivity index (χ0) is 20.1. The molecule has 0 radical (unpaired) electrons. The second kappa shape index (κ2) is 9.02. The lowest BCUT2D eigenvalue weighted by Crippen LogP contribution is -2.48. The molecule has 0 bridgehead atoms. The first-order chi connectivity index (χ1) is 13.3. The molecule has 1 aliphatic heterocycles. The third-order valence-electron chi connectivity index (χ3n) is 4.45. The Balaban J connectivity index is 1.46. The largest absolute Gasteiger partial charge is 0.411 e. The van der Waals surface area contributed by atoms with Gasteiger partial charge in [-0.15, -0.1) is 11.3 Å². The van der Waals surface area contributed by atoms with E-state index in [0.717, 1.165) is 30.3 Å². The lowest BCUT2D eigenvalue weighted by atomic mass is 10.1. The van der Waals surface area contributed by atoms with E-state index in [1.165, 1.54) is 0 Å². The van der Waals surface area contributed by atoms with Crippen LogP contribution < -0.4 is 0 Å². The van der Waals surface area contributed by atoms with Crippen molar-refractivity contribution >= 4 is 17.2 Å². The standard InChI is InChI=1S/C19H22F3N3O2S/c1-14-23-17(12-28-14)10-24-6-8-25(9-7-24)18(26)16-4-2-15(3-5-16)11-27-13-19(20,21)22/h2-5,12H,6-11,13H2,1H3. The Bertz CT molecular complexity index is 784. The van der Waals surface area contributed by atoms with E-state index in [4.69, 9.17) is 0 Å². The third kappa shape index (κ3) is 6.02. The van der Waals surface area contributed by atoms with Crippen LogP contribution in [0.1, 0.15) is 26.6 Å². The van der Waals surface area contributed by atoms with Gasteiger partial charge in [0, 0.05) is 43.7 Å². The molecule has 1 aliphatic rings. The van der Waals surface area contributed by atoms with Gasteiger partial charge in [-0.25, -0.2) is 4.98 Å². The molecule has 9 heteroatoms. The first-order valence-corrected chi connectivity index (χ1v) is 9.84. The highest BCUT2D eigenvalue weighted by atomic mass is 32.1. The summed E-state index contributed by atoms with van der Waals surface area (Å²) < 4.78 is 40.9. The van der Waals surface area contributed by atoms with E-state index < -0.39 is 12.8 Å². The van der Waals surface area contributed by atoms with Gasteiger partial charge in [0.05, 0.1) is 17.3 Å². The number of carbonyl (C=O) groups is 1. The van der Waals surface area contributed by atoms with E-state index in [9.17, 15) is 18.0 Å². The van der Waals surface area contributed by atoms with Crippen LogP contribution in [0.2, 0.25) is 0 Å². The topological polar surface area (TPSA) is 45.7 Å². The van der Waals surface area contributed by atoms with Crippen molar-refractivity contribution in [2.75, 3.05) is 32.8 Å². The van der Waals surface area contributed by atoms with E-state index in [-0.39, 0.29) is 12.5 Å². The number of aryl methyl sites for hydroxylation is 1. The van der Waals surface area contributed by atoms with Gasteiger partial charge in [-0.3, -0.25) is 9.69 Å². The molecule has 2 heterocycles. The Kier molecular flexibility index (Phi) is 6.69. The number of amides is 1. The maximum atomic E-state index is 12.6. The van der Waals surface area contributed by atoms with Crippen molar-refractivity contribution < 1.29 is 22.7 Å². The molecule has 0 aliphatic carbocycles. The molecule has 1 saturated heterocycles. The minimum atomic E-state index is -4.34. The summed E-state index contributed by atoms with van der Waals surface area (Å²) in [6, 6.07) is 6.53. The summed E-state index contributed by atoms with van der Waals surface area (Å²) in [5, 5.41) is 3.11. The number of halogens is 3. The van der Waals surface area contributed by atoms with Gasteiger partial charge < -0.3 is 9.64 Å². The van der Waals surface area contributed by atoms with Crippen LogP contribution in [0.25, 0.3) is 0 Å². The number of alkyl halides is 3. The van der Waals surface area contributed by atoms with Crippen molar-refractivity contribution in [3.05, 3.63) is 51.5 Å². The molecule has 5 nitrogen and oxygen atoms in total. The molecule has 0 unspecified atom stereocenters. The van der Waals surface area contributed by atoms with Gasteiger partial charge in [0.25, 0.3) is 5.91 Å². The molecule has 1 fully saturated rings. The average Bonchev–Trinajstić information content (AvgIpc) is 3.06. The summed E-state index contributed by atoms with van der Waals surface area (Å²) in [6.45, 7) is 4.20. The maximum absolute atomic E-state index is 12.6. The Hall–Kier alpha value is -1.97. The van der Waals surface area contributed by atoms with Crippen LogP contribution in [0, 0.1) is 6.92 Å². The minimum absolute atomic E-state index is 0.0630. The maximum Gasteiger partial charge on any atom is 0.411 e. The lowest BCUT2D eigenvalue weighted by Gasteiger charge is -2.34. The summed E-state index contributed by atoms with van der Waals surface area (Å²) in [5.41, 5.74) is 2.19.